The summed E-state index contributed by atoms with van der Waals surface area (Å²) in [4.78, 5) is 21.1. The molecular formula is C6H6N2O2. The summed E-state index contributed by atoms with van der Waals surface area (Å²) >= 11 is 0. The van der Waals surface area contributed by atoms with Crippen LogP contribution in [0.15, 0.2) is 0 Å². The molecule has 0 aromatic rings. The molecule has 0 aliphatic carbocycles. The Morgan fingerprint density at radius 1 is 1.60 bits per heavy atom. The highest BCUT2D eigenvalue weighted by Crippen LogP contribution is 1.95. The maximum absolute atomic E-state index is 10.7. The van der Waals surface area contributed by atoms with Gasteiger partial charge >= 0.3 is 6.03 Å². The summed E-state index contributed by atoms with van der Waals surface area (Å²) in [6.45, 7) is 0.237. The average molecular weight is 138 g/mol. The second kappa shape index (κ2) is 2.40. The molecule has 1 aliphatic heterocycles. The molecule has 1 rings (SSSR count). The largest absolute Gasteiger partial charge is 0.336 e. The Kier molecular flexibility index (Phi) is 1.59. The quantitative estimate of drug-likeness (QED) is 0.425. The molecule has 0 spiro atoms. The van der Waals surface area contributed by atoms with Gasteiger partial charge in [-0.05, 0) is 0 Å². The van der Waals surface area contributed by atoms with E-state index in [-0.39, 0.29) is 6.54 Å². The Balaban J connectivity index is 2.62. The third kappa shape index (κ3) is 1.08. The van der Waals surface area contributed by atoms with Crippen molar-refractivity contribution in [2.24, 2.45) is 5.92 Å². The first kappa shape index (κ1) is 6.62. The van der Waals surface area contributed by atoms with E-state index in [1.165, 1.54) is 0 Å². The van der Waals surface area contributed by atoms with Crippen molar-refractivity contribution in [2.45, 2.75) is 0 Å². The zero-order valence-corrected chi connectivity index (χ0v) is 5.18. The number of nitrogens with one attached hydrogen (secondary N) is 2. The van der Waals surface area contributed by atoms with Gasteiger partial charge in [-0.25, -0.2) is 4.79 Å². The summed E-state index contributed by atoms with van der Waals surface area (Å²) in [5.41, 5.74) is 0. The first-order valence-electron chi connectivity index (χ1n) is 2.79. The van der Waals surface area contributed by atoms with Crippen LogP contribution in [-0.4, -0.2) is 18.5 Å². The number of hydrogen-bond acceptors (Lipinski definition) is 2. The summed E-state index contributed by atoms with van der Waals surface area (Å²) in [6.07, 6.45) is 4.98. The van der Waals surface area contributed by atoms with Gasteiger partial charge in [0.1, 0.15) is 5.92 Å². The van der Waals surface area contributed by atoms with Crippen molar-refractivity contribution in [2.75, 3.05) is 6.54 Å². The highest BCUT2D eigenvalue weighted by molar-refractivity contribution is 5.99. The summed E-state index contributed by atoms with van der Waals surface area (Å²) in [5.74, 6) is 1.33. The minimum absolute atomic E-state index is 0.237. The van der Waals surface area contributed by atoms with E-state index >= 15 is 0 Å². The van der Waals surface area contributed by atoms with Gasteiger partial charge in [0.25, 0.3) is 0 Å². The standard InChI is InChI=1S/C6H6N2O2/c1-2-4-3-7-6(10)8-5(4)9/h1,4H,3H2,(H2,7,8,9,10). The zero-order valence-electron chi connectivity index (χ0n) is 5.18. The van der Waals surface area contributed by atoms with Crippen LogP contribution in [0.2, 0.25) is 0 Å². The highest BCUT2D eigenvalue weighted by atomic mass is 16.2. The Labute approximate surface area is 58.0 Å². The van der Waals surface area contributed by atoms with Gasteiger partial charge < -0.3 is 5.32 Å². The van der Waals surface area contributed by atoms with E-state index in [1.807, 2.05) is 5.32 Å². The van der Waals surface area contributed by atoms with E-state index in [4.69, 9.17) is 6.42 Å². The van der Waals surface area contributed by atoms with E-state index in [0.29, 0.717) is 0 Å². The SMILES string of the molecule is C#CC1CNC(=O)NC1=O. The molecule has 0 saturated carbocycles. The first-order valence-corrected chi connectivity index (χ1v) is 2.79. The smallest absolute Gasteiger partial charge is 0.321 e. The number of imide groups is 1. The molecule has 0 aromatic carbocycles. The van der Waals surface area contributed by atoms with Crippen LogP contribution in [0, 0.1) is 18.3 Å². The molecule has 0 radical (unpaired) electrons. The van der Waals surface area contributed by atoms with Crippen molar-refractivity contribution in [1.29, 1.82) is 0 Å². The molecule has 1 fully saturated rings. The van der Waals surface area contributed by atoms with Gasteiger partial charge in [-0.15, -0.1) is 6.42 Å². The Bertz CT molecular complexity index is 216. The summed E-state index contributed by atoms with van der Waals surface area (Å²) in [7, 11) is 0. The van der Waals surface area contributed by atoms with Crippen molar-refractivity contribution in [3.05, 3.63) is 0 Å². The fourth-order valence-electron chi connectivity index (χ4n) is 0.665. The van der Waals surface area contributed by atoms with Crippen LogP contribution in [0.3, 0.4) is 0 Å². The summed E-state index contributed by atoms with van der Waals surface area (Å²) in [5, 5.41) is 4.45. The van der Waals surface area contributed by atoms with Gasteiger partial charge in [-0.1, -0.05) is 5.92 Å². The molecule has 2 N–H and O–H groups in total. The number of hydrogen-bond donors (Lipinski definition) is 2. The monoisotopic (exact) mass is 138 g/mol. The van der Waals surface area contributed by atoms with E-state index < -0.39 is 17.9 Å². The molecule has 1 aliphatic rings. The summed E-state index contributed by atoms with van der Waals surface area (Å²) < 4.78 is 0. The highest BCUT2D eigenvalue weighted by Gasteiger charge is 2.23. The van der Waals surface area contributed by atoms with Crippen LogP contribution in [0.5, 0.6) is 0 Å². The molecule has 4 heteroatoms. The minimum atomic E-state index is -0.516. The lowest BCUT2D eigenvalue weighted by molar-refractivity contribution is -0.122. The molecule has 1 heterocycles. The molecule has 52 valence electrons. The average Bonchev–Trinajstić information content (AvgIpc) is 1.88. The zero-order chi connectivity index (χ0) is 7.56. The topological polar surface area (TPSA) is 58.2 Å². The minimum Gasteiger partial charge on any atom is -0.336 e. The van der Waals surface area contributed by atoms with Crippen LogP contribution in [0.4, 0.5) is 4.79 Å². The lowest BCUT2D eigenvalue weighted by atomic mass is 10.1. The number of urea groups is 1. The number of terminal acetylenes is 1. The third-order valence-electron chi connectivity index (χ3n) is 1.22. The molecule has 1 unspecified atom stereocenters. The van der Waals surface area contributed by atoms with E-state index in [0.717, 1.165) is 0 Å². The molecule has 1 atom stereocenters. The Morgan fingerprint density at radius 2 is 2.30 bits per heavy atom. The molecule has 0 aromatic heterocycles. The molecule has 3 amide bonds. The number of carbonyl (C=O) groups excluding carboxylic acids is 2. The van der Waals surface area contributed by atoms with Crippen LogP contribution >= 0.6 is 0 Å². The van der Waals surface area contributed by atoms with Gasteiger partial charge in [-0.3, -0.25) is 10.1 Å². The molecular weight excluding hydrogens is 132 g/mol. The van der Waals surface area contributed by atoms with Crippen LogP contribution in [-0.2, 0) is 4.79 Å². The van der Waals surface area contributed by atoms with Crippen molar-refractivity contribution in [3.63, 3.8) is 0 Å². The van der Waals surface area contributed by atoms with Gasteiger partial charge in [0, 0.05) is 6.54 Å². The van der Waals surface area contributed by atoms with E-state index in [2.05, 4.69) is 11.2 Å². The van der Waals surface area contributed by atoms with Gasteiger partial charge in [0.05, 0.1) is 0 Å². The lowest BCUT2D eigenvalue weighted by Gasteiger charge is -2.16. The third-order valence-corrected chi connectivity index (χ3v) is 1.22. The van der Waals surface area contributed by atoms with Crippen molar-refractivity contribution in [3.8, 4) is 12.3 Å². The van der Waals surface area contributed by atoms with Crippen molar-refractivity contribution < 1.29 is 9.59 Å². The predicted molar refractivity (Wildman–Crippen MR) is 33.9 cm³/mol. The Hall–Kier alpha value is -1.50. The fourth-order valence-corrected chi connectivity index (χ4v) is 0.665. The first-order chi connectivity index (χ1) is 4.74. The van der Waals surface area contributed by atoms with Crippen molar-refractivity contribution in [1.82, 2.24) is 10.6 Å². The van der Waals surface area contributed by atoms with Crippen molar-refractivity contribution >= 4 is 11.9 Å². The molecule has 0 bridgehead atoms. The molecule has 10 heavy (non-hydrogen) atoms. The van der Waals surface area contributed by atoms with Gasteiger partial charge in [-0.2, -0.15) is 0 Å². The maximum Gasteiger partial charge on any atom is 0.321 e. The van der Waals surface area contributed by atoms with Crippen LogP contribution in [0.1, 0.15) is 0 Å². The van der Waals surface area contributed by atoms with E-state index in [9.17, 15) is 9.59 Å². The lowest BCUT2D eigenvalue weighted by Crippen LogP contribution is -2.51. The second-order valence-corrected chi connectivity index (χ2v) is 1.92. The molecule has 1 saturated heterocycles. The van der Waals surface area contributed by atoms with E-state index in [1.54, 1.807) is 0 Å². The normalized spacial score (nSPS) is 24.5. The van der Waals surface area contributed by atoms with Gasteiger partial charge in [0.2, 0.25) is 5.91 Å². The summed E-state index contributed by atoms with van der Waals surface area (Å²) in [6, 6.07) is -0.475. The maximum atomic E-state index is 10.7. The number of carbonyl (C=O) groups is 2. The number of amides is 3. The van der Waals surface area contributed by atoms with Gasteiger partial charge in [0.15, 0.2) is 0 Å². The molecule has 4 nitrogen and oxygen atoms in total. The predicted octanol–water partition coefficient (Wildman–Crippen LogP) is -0.925. The van der Waals surface area contributed by atoms with Crippen LogP contribution in [0.25, 0.3) is 0 Å². The second-order valence-electron chi connectivity index (χ2n) is 1.92. The Morgan fingerprint density at radius 3 is 2.80 bits per heavy atom. The van der Waals surface area contributed by atoms with Crippen LogP contribution < -0.4 is 10.6 Å². The number of rotatable bonds is 0. The fraction of sp³-hybridized carbons (Fsp3) is 0.333.